The Morgan fingerprint density at radius 3 is 3.05 bits per heavy atom. The van der Waals surface area contributed by atoms with Crippen LogP contribution in [0.4, 0.5) is 0 Å². The molecule has 20 heavy (non-hydrogen) atoms. The number of aliphatic hydroxyl groups excluding tert-OH is 1. The molecule has 2 atom stereocenters. The lowest BCUT2D eigenvalue weighted by molar-refractivity contribution is 0.222. The molecule has 1 aromatic carbocycles. The second-order valence-corrected chi connectivity index (χ2v) is 6.24. The molecule has 3 nitrogen and oxygen atoms in total. The fourth-order valence-electron chi connectivity index (χ4n) is 4.08. The van der Waals surface area contributed by atoms with Crippen LogP contribution in [-0.2, 0) is 13.0 Å². The highest BCUT2D eigenvalue weighted by Crippen LogP contribution is 2.42. The van der Waals surface area contributed by atoms with Crippen LogP contribution in [0.3, 0.4) is 0 Å². The largest absolute Gasteiger partial charge is 0.390 e. The summed E-state index contributed by atoms with van der Waals surface area (Å²) in [5.74, 6) is 0.479. The van der Waals surface area contributed by atoms with E-state index in [1.54, 1.807) is 0 Å². The second-order valence-electron chi connectivity index (χ2n) is 6.24. The summed E-state index contributed by atoms with van der Waals surface area (Å²) in [5, 5.41) is 11.0. The molecule has 0 saturated heterocycles. The van der Waals surface area contributed by atoms with Crippen molar-refractivity contribution in [1.82, 2.24) is 9.88 Å². The first-order valence-corrected chi connectivity index (χ1v) is 7.29. The molecule has 0 fully saturated rings. The maximum absolute atomic E-state index is 9.61. The summed E-state index contributed by atoms with van der Waals surface area (Å²) in [4.78, 5) is 5.85. The highest BCUT2D eigenvalue weighted by molar-refractivity contribution is 5.90. The molecule has 0 spiro atoms. The van der Waals surface area contributed by atoms with Crippen LogP contribution in [0.1, 0.15) is 29.7 Å². The van der Waals surface area contributed by atoms with Gasteiger partial charge in [0.2, 0.25) is 0 Å². The Morgan fingerprint density at radius 2 is 2.25 bits per heavy atom. The third-order valence-electron chi connectivity index (χ3n) is 4.92. The van der Waals surface area contributed by atoms with E-state index in [4.69, 9.17) is 0 Å². The van der Waals surface area contributed by atoms with E-state index in [2.05, 4.69) is 48.1 Å². The van der Waals surface area contributed by atoms with Crippen LogP contribution >= 0.6 is 0 Å². The molecule has 104 valence electrons. The summed E-state index contributed by atoms with van der Waals surface area (Å²) in [5.41, 5.74) is 6.34. The van der Waals surface area contributed by atoms with Crippen molar-refractivity contribution in [2.45, 2.75) is 31.9 Å². The molecular weight excluding hydrogens is 248 g/mol. The van der Waals surface area contributed by atoms with Crippen LogP contribution in [-0.4, -0.2) is 34.6 Å². The molecule has 4 rings (SSSR count). The smallest absolute Gasteiger partial charge is 0.0834 e. The van der Waals surface area contributed by atoms with Gasteiger partial charge in [0.05, 0.1) is 6.61 Å². The first kappa shape index (κ1) is 12.2. The second kappa shape index (κ2) is 4.21. The van der Waals surface area contributed by atoms with Crippen LogP contribution in [0.2, 0.25) is 0 Å². The van der Waals surface area contributed by atoms with Crippen molar-refractivity contribution < 1.29 is 5.11 Å². The van der Waals surface area contributed by atoms with Gasteiger partial charge < -0.3 is 10.1 Å². The van der Waals surface area contributed by atoms with Gasteiger partial charge in [0, 0.05) is 35.1 Å². The third-order valence-corrected chi connectivity index (χ3v) is 4.92. The highest BCUT2D eigenvalue weighted by Gasteiger charge is 2.35. The average Bonchev–Trinajstić information content (AvgIpc) is 2.80. The van der Waals surface area contributed by atoms with Gasteiger partial charge in [-0.2, -0.15) is 0 Å². The van der Waals surface area contributed by atoms with Crippen molar-refractivity contribution in [3.63, 3.8) is 0 Å². The quantitative estimate of drug-likeness (QED) is 0.780. The maximum Gasteiger partial charge on any atom is 0.0834 e. The molecule has 0 bridgehead atoms. The standard InChI is InChI=1S/C17H20N2O/c1-10-6-12-11-4-3-5-14-17(11)13(15(9-20)18-14)7-16(12)19(2)8-10/h3-6,12,16,18,20H,7-9H2,1-2H3/t12-,16-/m1/s1. The van der Waals surface area contributed by atoms with E-state index < -0.39 is 0 Å². The van der Waals surface area contributed by atoms with Gasteiger partial charge >= 0.3 is 0 Å². The average molecular weight is 268 g/mol. The molecule has 2 heterocycles. The lowest BCUT2D eigenvalue weighted by Crippen LogP contribution is -2.43. The van der Waals surface area contributed by atoms with Crippen molar-refractivity contribution >= 4 is 10.9 Å². The van der Waals surface area contributed by atoms with Crippen molar-refractivity contribution in [2.24, 2.45) is 0 Å². The lowest BCUT2D eigenvalue weighted by atomic mass is 9.76. The normalized spacial score (nSPS) is 25.6. The molecule has 0 amide bonds. The summed E-state index contributed by atoms with van der Waals surface area (Å²) >= 11 is 0. The first-order valence-electron chi connectivity index (χ1n) is 7.29. The Kier molecular flexibility index (Phi) is 2.56. The number of aliphatic hydroxyl groups is 1. The number of nitrogens with zero attached hydrogens (tertiary/aromatic N) is 1. The van der Waals surface area contributed by atoms with Crippen molar-refractivity contribution in [2.75, 3.05) is 13.6 Å². The number of likely N-dealkylation sites (N-methyl/N-ethyl adjacent to an activating group) is 1. The van der Waals surface area contributed by atoms with Crippen LogP contribution in [0.25, 0.3) is 10.9 Å². The number of aromatic nitrogens is 1. The van der Waals surface area contributed by atoms with E-state index in [0.29, 0.717) is 12.0 Å². The van der Waals surface area contributed by atoms with E-state index in [9.17, 15) is 5.11 Å². The van der Waals surface area contributed by atoms with Crippen molar-refractivity contribution in [3.05, 3.63) is 46.7 Å². The van der Waals surface area contributed by atoms with E-state index in [0.717, 1.165) is 18.7 Å². The number of aromatic amines is 1. The monoisotopic (exact) mass is 268 g/mol. The highest BCUT2D eigenvalue weighted by atomic mass is 16.3. The van der Waals surface area contributed by atoms with Crippen LogP contribution in [0.15, 0.2) is 29.8 Å². The predicted octanol–water partition coefficient (Wildman–Crippen LogP) is 2.56. The zero-order valence-corrected chi connectivity index (χ0v) is 12.0. The summed E-state index contributed by atoms with van der Waals surface area (Å²) < 4.78 is 0. The number of fused-ring (bicyclic) bond motifs is 2. The summed E-state index contributed by atoms with van der Waals surface area (Å²) in [6.07, 6.45) is 3.46. The van der Waals surface area contributed by atoms with Gasteiger partial charge in [0.1, 0.15) is 0 Å². The van der Waals surface area contributed by atoms with E-state index in [-0.39, 0.29) is 6.61 Å². The topological polar surface area (TPSA) is 39.3 Å². The van der Waals surface area contributed by atoms with Gasteiger partial charge in [0.25, 0.3) is 0 Å². The summed E-state index contributed by atoms with van der Waals surface area (Å²) in [6.45, 7) is 3.36. The SMILES string of the molecule is CC1=C[C@@H]2c3cccc4[nH]c(CO)c(c34)C[C@H]2N(C)C1. The number of benzene rings is 1. The maximum atomic E-state index is 9.61. The van der Waals surface area contributed by atoms with Crippen molar-refractivity contribution in [3.8, 4) is 0 Å². The number of H-pyrrole nitrogens is 1. The Morgan fingerprint density at radius 1 is 1.40 bits per heavy atom. The van der Waals surface area contributed by atoms with Gasteiger partial charge in [-0.1, -0.05) is 23.8 Å². The fraction of sp³-hybridized carbons (Fsp3) is 0.412. The minimum Gasteiger partial charge on any atom is -0.390 e. The van der Waals surface area contributed by atoms with E-state index in [1.807, 2.05) is 0 Å². The molecule has 1 aliphatic carbocycles. The molecule has 3 heteroatoms. The molecule has 2 aliphatic rings. The Hall–Kier alpha value is -1.58. The molecule has 2 aromatic rings. The first-order chi connectivity index (χ1) is 9.69. The Balaban J connectivity index is 2.00. The molecular formula is C17H20N2O. The van der Waals surface area contributed by atoms with Gasteiger partial charge in [0.15, 0.2) is 0 Å². The molecule has 1 aliphatic heterocycles. The molecule has 0 radical (unpaired) electrons. The minimum absolute atomic E-state index is 0.0966. The van der Waals surface area contributed by atoms with Crippen LogP contribution in [0.5, 0.6) is 0 Å². The fourth-order valence-corrected chi connectivity index (χ4v) is 4.08. The summed E-state index contributed by atoms with van der Waals surface area (Å²) in [7, 11) is 2.21. The molecule has 2 N–H and O–H groups in total. The lowest BCUT2D eigenvalue weighted by Gasteiger charge is -2.41. The zero-order chi connectivity index (χ0) is 13.9. The number of rotatable bonds is 1. The van der Waals surface area contributed by atoms with Gasteiger partial charge in [-0.3, -0.25) is 4.90 Å². The van der Waals surface area contributed by atoms with Gasteiger partial charge in [-0.25, -0.2) is 0 Å². The summed E-state index contributed by atoms with van der Waals surface area (Å²) in [6, 6.07) is 7.00. The zero-order valence-electron chi connectivity index (χ0n) is 12.0. The van der Waals surface area contributed by atoms with Gasteiger partial charge in [-0.15, -0.1) is 0 Å². The third kappa shape index (κ3) is 1.54. The van der Waals surface area contributed by atoms with E-state index >= 15 is 0 Å². The molecule has 0 unspecified atom stereocenters. The van der Waals surface area contributed by atoms with Crippen LogP contribution < -0.4 is 0 Å². The molecule has 0 saturated carbocycles. The molecule has 1 aromatic heterocycles. The van der Waals surface area contributed by atoms with E-state index in [1.165, 1.54) is 27.6 Å². The van der Waals surface area contributed by atoms with Crippen molar-refractivity contribution in [1.29, 1.82) is 0 Å². The number of hydrogen-bond donors (Lipinski definition) is 2. The van der Waals surface area contributed by atoms with Crippen LogP contribution in [0, 0.1) is 0 Å². The Bertz CT molecular complexity index is 713. The van der Waals surface area contributed by atoms with Gasteiger partial charge in [-0.05, 0) is 37.6 Å². The Labute approximate surface area is 118 Å². The minimum atomic E-state index is 0.0966. The number of hydrogen-bond acceptors (Lipinski definition) is 2. The predicted molar refractivity (Wildman–Crippen MR) is 80.8 cm³/mol. The number of nitrogens with one attached hydrogen (secondary N) is 1.